The van der Waals surface area contributed by atoms with Crippen LogP contribution in [-0.2, 0) is 0 Å². The summed E-state index contributed by atoms with van der Waals surface area (Å²) in [6.07, 6.45) is -0.690. The lowest BCUT2D eigenvalue weighted by Crippen LogP contribution is -1.97. The Kier molecular flexibility index (Phi) is 3.99. The molecule has 2 aromatic carbocycles. The summed E-state index contributed by atoms with van der Waals surface area (Å²) in [6.45, 7) is 1.63. The molecule has 18 heavy (non-hydrogen) atoms. The van der Waals surface area contributed by atoms with Crippen LogP contribution in [0.3, 0.4) is 0 Å². The largest absolute Gasteiger partial charge is 0.454 e. The molecule has 1 unspecified atom stereocenters. The summed E-state index contributed by atoms with van der Waals surface area (Å²) in [5.41, 5.74) is 0.604. The van der Waals surface area contributed by atoms with Gasteiger partial charge < -0.3 is 9.84 Å². The molecule has 0 aromatic heterocycles. The molecule has 0 saturated heterocycles. The van der Waals surface area contributed by atoms with Crippen LogP contribution in [0.5, 0.6) is 11.5 Å². The number of rotatable bonds is 3. The second-order valence-electron chi connectivity index (χ2n) is 3.89. The molecule has 0 aliphatic heterocycles. The highest BCUT2D eigenvalue weighted by molar-refractivity contribution is 9.10. The van der Waals surface area contributed by atoms with Crippen molar-refractivity contribution in [2.24, 2.45) is 0 Å². The molecule has 0 amide bonds. The molecule has 0 bridgehead atoms. The smallest absolute Gasteiger partial charge is 0.165 e. The maximum absolute atomic E-state index is 13.5. The first kappa shape index (κ1) is 13.1. The lowest BCUT2D eigenvalue weighted by molar-refractivity contribution is 0.195. The lowest BCUT2D eigenvalue weighted by Gasteiger charge is -2.14. The van der Waals surface area contributed by atoms with Gasteiger partial charge in [0.05, 0.1) is 6.10 Å². The topological polar surface area (TPSA) is 29.5 Å². The maximum Gasteiger partial charge on any atom is 0.165 e. The molecule has 0 heterocycles. The van der Waals surface area contributed by atoms with Gasteiger partial charge in [0.2, 0.25) is 0 Å². The van der Waals surface area contributed by atoms with Crippen LogP contribution in [0.15, 0.2) is 46.9 Å². The van der Waals surface area contributed by atoms with E-state index in [2.05, 4.69) is 15.9 Å². The fourth-order valence-corrected chi connectivity index (χ4v) is 1.96. The standard InChI is InChI=1S/C14H12BrFO2/c1-9(17)11-8-10(15)6-7-13(11)18-14-5-3-2-4-12(14)16/h2-9,17H,1H3. The van der Waals surface area contributed by atoms with Crippen LogP contribution in [0.25, 0.3) is 0 Å². The zero-order valence-corrected chi connectivity index (χ0v) is 11.3. The first-order valence-corrected chi connectivity index (χ1v) is 6.27. The Balaban J connectivity index is 2.37. The molecular weight excluding hydrogens is 299 g/mol. The van der Waals surface area contributed by atoms with Crippen LogP contribution in [-0.4, -0.2) is 5.11 Å². The normalized spacial score (nSPS) is 12.2. The molecule has 2 aromatic rings. The van der Waals surface area contributed by atoms with E-state index < -0.39 is 11.9 Å². The fourth-order valence-electron chi connectivity index (χ4n) is 1.58. The van der Waals surface area contributed by atoms with Crippen molar-refractivity contribution < 1.29 is 14.2 Å². The Morgan fingerprint density at radius 1 is 1.17 bits per heavy atom. The van der Waals surface area contributed by atoms with Gasteiger partial charge in [0.15, 0.2) is 11.6 Å². The van der Waals surface area contributed by atoms with Gasteiger partial charge in [0.25, 0.3) is 0 Å². The second-order valence-corrected chi connectivity index (χ2v) is 4.81. The Labute approximate surface area is 113 Å². The summed E-state index contributed by atoms with van der Waals surface area (Å²) in [5, 5.41) is 9.68. The number of halogens is 2. The van der Waals surface area contributed by atoms with Crippen molar-refractivity contribution in [2.45, 2.75) is 13.0 Å². The first-order valence-electron chi connectivity index (χ1n) is 5.48. The summed E-state index contributed by atoms with van der Waals surface area (Å²) < 4.78 is 19.8. The van der Waals surface area contributed by atoms with Crippen LogP contribution in [0.2, 0.25) is 0 Å². The van der Waals surface area contributed by atoms with E-state index in [4.69, 9.17) is 4.74 Å². The number of para-hydroxylation sites is 1. The van der Waals surface area contributed by atoms with Gasteiger partial charge in [-0.25, -0.2) is 4.39 Å². The number of aliphatic hydroxyl groups excluding tert-OH is 1. The molecule has 4 heteroatoms. The van der Waals surface area contributed by atoms with Crippen molar-refractivity contribution in [3.05, 3.63) is 58.3 Å². The van der Waals surface area contributed by atoms with Gasteiger partial charge in [-0.15, -0.1) is 0 Å². The molecule has 2 rings (SSSR count). The third-order valence-electron chi connectivity index (χ3n) is 2.48. The molecule has 0 aliphatic carbocycles. The minimum absolute atomic E-state index is 0.140. The van der Waals surface area contributed by atoms with Gasteiger partial charge >= 0.3 is 0 Å². The third-order valence-corrected chi connectivity index (χ3v) is 2.97. The van der Waals surface area contributed by atoms with Crippen LogP contribution < -0.4 is 4.74 Å². The highest BCUT2D eigenvalue weighted by Gasteiger charge is 2.12. The number of benzene rings is 2. The average molecular weight is 311 g/mol. The predicted octanol–water partition coefficient (Wildman–Crippen LogP) is 4.43. The van der Waals surface area contributed by atoms with E-state index in [1.807, 2.05) is 0 Å². The van der Waals surface area contributed by atoms with E-state index in [0.29, 0.717) is 11.3 Å². The number of hydrogen-bond acceptors (Lipinski definition) is 2. The van der Waals surface area contributed by atoms with Crippen LogP contribution >= 0.6 is 15.9 Å². The number of hydrogen-bond donors (Lipinski definition) is 1. The van der Waals surface area contributed by atoms with Crippen molar-refractivity contribution in [1.82, 2.24) is 0 Å². The van der Waals surface area contributed by atoms with Gasteiger partial charge in [0, 0.05) is 10.0 Å². The van der Waals surface area contributed by atoms with Gasteiger partial charge in [-0.3, -0.25) is 0 Å². The Morgan fingerprint density at radius 3 is 2.56 bits per heavy atom. The summed E-state index contributed by atoms with van der Waals surface area (Å²) in [4.78, 5) is 0. The number of ether oxygens (including phenoxy) is 1. The summed E-state index contributed by atoms with van der Waals surface area (Å²) in [6, 6.07) is 11.4. The van der Waals surface area contributed by atoms with E-state index in [0.717, 1.165) is 4.47 Å². The monoisotopic (exact) mass is 310 g/mol. The zero-order valence-electron chi connectivity index (χ0n) is 9.73. The average Bonchev–Trinajstić information content (AvgIpc) is 2.34. The molecule has 0 saturated carbocycles. The van der Waals surface area contributed by atoms with E-state index >= 15 is 0 Å². The Morgan fingerprint density at radius 2 is 1.89 bits per heavy atom. The van der Waals surface area contributed by atoms with Gasteiger partial charge in [0.1, 0.15) is 5.75 Å². The molecule has 0 radical (unpaired) electrons. The molecule has 94 valence electrons. The third kappa shape index (κ3) is 2.89. The van der Waals surface area contributed by atoms with Crippen LogP contribution in [0, 0.1) is 5.82 Å². The van der Waals surface area contributed by atoms with Crippen molar-refractivity contribution >= 4 is 15.9 Å². The Hall–Kier alpha value is -1.39. The first-order chi connectivity index (χ1) is 8.58. The summed E-state index contributed by atoms with van der Waals surface area (Å²) in [7, 11) is 0. The van der Waals surface area contributed by atoms with Crippen LogP contribution in [0.1, 0.15) is 18.6 Å². The van der Waals surface area contributed by atoms with E-state index in [-0.39, 0.29) is 5.75 Å². The van der Waals surface area contributed by atoms with Gasteiger partial charge in [-0.05, 0) is 37.3 Å². The van der Waals surface area contributed by atoms with Crippen molar-refractivity contribution in [3.63, 3.8) is 0 Å². The molecule has 0 aliphatic rings. The molecule has 0 fully saturated rings. The Bertz CT molecular complexity index is 555. The quantitative estimate of drug-likeness (QED) is 0.908. The molecule has 1 N–H and O–H groups in total. The predicted molar refractivity (Wildman–Crippen MR) is 71.2 cm³/mol. The minimum atomic E-state index is -0.690. The van der Waals surface area contributed by atoms with E-state index in [1.165, 1.54) is 6.07 Å². The zero-order chi connectivity index (χ0) is 13.1. The minimum Gasteiger partial charge on any atom is -0.454 e. The highest BCUT2D eigenvalue weighted by atomic mass is 79.9. The lowest BCUT2D eigenvalue weighted by atomic mass is 10.1. The fraction of sp³-hybridized carbons (Fsp3) is 0.143. The van der Waals surface area contributed by atoms with Gasteiger partial charge in [-0.2, -0.15) is 0 Å². The van der Waals surface area contributed by atoms with Crippen LogP contribution in [0.4, 0.5) is 4.39 Å². The SMILES string of the molecule is CC(O)c1cc(Br)ccc1Oc1ccccc1F. The van der Waals surface area contributed by atoms with Crippen molar-refractivity contribution in [3.8, 4) is 11.5 Å². The van der Waals surface area contributed by atoms with Crippen molar-refractivity contribution in [1.29, 1.82) is 0 Å². The highest BCUT2D eigenvalue weighted by Crippen LogP contribution is 2.32. The van der Waals surface area contributed by atoms with E-state index in [1.54, 1.807) is 43.3 Å². The van der Waals surface area contributed by atoms with Gasteiger partial charge in [-0.1, -0.05) is 28.1 Å². The maximum atomic E-state index is 13.5. The van der Waals surface area contributed by atoms with E-state index in [9.17, 15) is 9.50 Å². The molecule has 2 nitrogen and oxygen atoms in total. The number of aliphatic hydroxyl groups is 1. The molecule has 0 spiro atoms. The summed E-state index contributed by atoms with van der Waals surface area (Å²) in [5.74, 6) is 0.150. The molecular formula is C14H12BrFO2. The second kappa shape index (κ2) is 5.50. The molecule has 1 atom stereocenters. The van der Waals surface area contributed by atoms with Crippen molar-refractivity contribution in [2.75, 3.05) is 0 Å². The summed E-state index contributed by atoms with van der Waals surface area (Å²) >= 11 is 3.32.